The van der Waals surface area contributed by atoms with Crippen molar-refractivity contribution in [2.45, 2.75) is 6.10 Å². The van der Waals surface area contributed by atoms with Crippen LogP contribution in [0, 0.1) is 0 Å². The molecule has 0 aliphatic rings. The van der Waals surface area contributed by atoms with Crippen LogP contribution in [-0.2, 0) is 66.9 Å². The molecule has 0 heterocycles. The molecule has 1 unspecified atom stereocenters. The van der Waals surface area contributed by atoms with Gasteiger partial charge >= 0.3 is 0 Å². The van der Waals surface area contributed by atoms with Crippen LogP contribution in [0.3, 0.4) is 0 Å². The average molecular weight is 729 g/mol. The van der Waals surface area contributed by atoms with Crippen LogP contribution in [0.4, 0.5) is 0 Å². The number of aliphatic hydroxyl groups excluding tert-OH is 2. The number of aliphatic hydroxyl groups is 2. The van der Waals surface area contributed by atoms with Crippen molar-refractivity contribution in [3.05, 3.63) is 30.3 Å². The van der Waals surface area contributed by atoms with E-state index in [0.29, 0.717) is 138 Å². The fourth-order valence-electron chi connectivity index (χ4n) is 3.42. The molecule has 1 rings (SSSR count). The van der Waals surface area contributed by atoms with Crippen molar-refractivity contribution in [2.75, 3.05) is 172 Å². The van der Waals surface area contributed by atoms with Crippen molar-refractivity contribution < 1.29 is 81.9 Å². The lowest BCUT2D eigenvalue weighted by Gasteiger charge is -2.17. The van der Waals surface area contributed by atoms with Crippen molar-refractivity contribution in [2.24, 2.45) is 0 Å². The van der Waals surface area contributed by atoms with Crippen molar-refractivity contribution >= 4 is 0 Å². The highest BCUT2D eigenvalue weighted by atomic mass is 17.2. The van der Waals surface area contributed by atoms with Gasteiger partial charge in [-0.15, -0.1) is 0 Å². The van der Waals surface area contributed by atoms with Gasteiger partial charge in [0, 0.05) is 0 Å². The van der Waals surface area contributed by atoms with E-state index in [9.17, 15) is 0 Å². The quantitative estimate of drug-likeness (QED) is 0.0539. The molecule has 0 radical (unpaired) electrons. The minimum absolute atomic E-state index is 0.00904. The maximum absolute atomic E-state index is 8.61. The summed E-state index contributed by atoms with van der Waals surface area (Å²) >= 11 is 0. The van der Waals surface area contributed by atoms with E-state index in [4.69, 9.17) is 81.9 Å². The molecule has 0 aliphatic carbocycles. The van der Waals surface area contributed by atoms with Gasteiger partial charge in [0.15, 0.2) is 6.10 Å². The summed E-state index contributed by atoms with van der Waals surface area (Å²) in [7, 11) is 0. The van der Waals surface area contributed by atoms with E-state index >= 15 is 0 Å². The molecule has 0 saturated heterocycles. The van der Waals surface area contributed by atoms with E-state index in [-0.39, 0.29) is 39.6 Å². The lowest BCUT2D eigenvalue weighted by Crippen LogP contribution is -2.28. The van der Waals surface area contributed by atoms with Crippen molar-refractivity contribution in [1.29, 1.82) is 0 Å². The summed E-state index contributed by atoms with van der Waals surface area (Å²) in [4.78, 5) is 21.2. The van der Waals surface area contributed by atoms with Gasteiger partial charge in [0.1, 0.15) is 32.2 Å². The van der Waals surface area contributed by atoms with E-state index < -0.39 is 6.10 Å². The van der Waals surface area contributed by atoms with Crippen molar-refractivity contribution in [1.82, 2.24) is 0 Å². The molecule has 0 saturated carbocycles. The Morgan fingerprint density at radius 1 is 0.360 bits per heavy atom. The zero-order chi connectivity index (χ0) is 35.7. The van der Waals surface area contributed by atoms with Gasteiger partial charge in [0.25, 0.3) is 0 Å². The van der Waals surface area contributed by atoms with Crippen LogP contribution in [0.15, 0.2) is 30.3 Å². The van der Waals surface area contributed by atoms with Crippen LogP contribution in [0.25, 0.3) is 0 Å². The minimum atomic E-state index is -0.558. The topological polar surface area (TPSA) is 179 Å². The maximum atomic E-state index is 8.61. The Morgan fingerprint density at radius 3 is 1.08 bits per heavy atom. The predicted molar refractivity (Wildman–Crippen MR) is 177 cm³/mol. The summed E-state index contributed by atoms with van der Waals surface area (Å²) < 4.78 is 59.4. The molecule has 0 aromatic heterocycles. The smallest absolute Gasteiger partial charge is 0.153 e. The second kappa shape index (κ2) is 40.2. The van der Waals surface area contributed by atoms with Crippen LogP contribution in [0.5, 0.6) is 5.75 Å². The third-order valence-electron chi connectivity index (χ3n) is 5.79. The van der Waals surface area contributed by atoms with E-state index in [1.165, 1.54) is 0 Å². The summed E-state index contributed by atoms with van der Waals surface area (Å²) in [5, 5.41) is 17.2. The third kappa shape index (κ3) is 34.8. The molecular weight excluding hydrogens is 668 g/mol. The molecular formula is C33H60O17. The largest absolute Gasteiger partial charge is 0.491 e. The summed E-state index contributed by atoms with van der Waals surface area (Å²) in [5.41, 5.74) is 0. The van der Waals surface area contributed by atoms with Gasteiger partial charge < -0.3 is 62.3 Å². The zero-order valence-electron chi connectivity index (χ0n) is 29.4. The van der Waals surface area contributed by atoms with Gasteiger partial charge in [-0.1, -0.05) is 18.2 Å². The molecule has 17 heteroatoms. The monoisotopic (exact) mass is 728 g/mol. The Labute approximate surface area is 295 Å². The highest BCUT2D eigenvalue weighted by molar-refractivity contribution is 5.20. The van der Waals surface area contributed by atoms with Crippen molar-refractivity contribution in [3.8, 4) is 5.75 Å². The number of para-hydroxylation sites is 1. The molecule has 2 N–H and O–H groups in total. The highest BCUT2D eigenvalue weighted by Crippen LogP contribution is 2.10. The van der Waals surface area contributed by atoms with Crippen LogP contribution >= 0.6 is 0 Å². The molecule has 294 valence electrons. The lowest BCUT2D eigenvalue weighted by atomic mass is 10.3. The fourth-order valence-corrected chi connectivity index (χ4v) is 3.42. The highest BCUT2D eigenvalue weighted by Gasteiger charge is 2.13. The second-order valence-corrected chi connectivity index (χ2v) is 9.84. The van der Waals surface area contributed by atoms with Crippen LogP contribution in [-0.4, -0.2) is 188 Å². The second-order valence-electron chi connectivity index (χ2n) is 9.84. The number of hydrogen-bond acceptors (Lipinski definition) is 17. The molecule has 1 atom stereocenters. The Bertz CT molecular complexity index is 767. The summed E-state index contributed by atoms with van der Waals surface area (Å²) in [6, 6.07) is 9.35. The third-order valence-corrected chi connectivity index (χ3v) is 5.79. The summed E-state index contributed by atoms with van der Waals surface area (Å²) in [6.07, 6.45) is -0.558. The molecule has 0 fully saturated rings. The number of hydrogen-bond donors (Lipinski definition) is 2. The molecule has 0 spiro atoms. The molecule has 17 nitrogen and oxygen atoms in total. The van der Waals surface area contributed by atoms with Crippen molar-refractivity contribution in [3.63, 3.8) is 0 Å². The van der Waals surface area contributed by atoms with Gasteiger partial charge in [-0.3, -0.25) is 0 Å². The van der Waals surface area contributed by atoms with Gasteiger partial charge in [-0.25, -0.2) is 19.6 Å². The lowest BCUT2D eigenvalue weighted by molar-refractivity contribution is -0.371. The first-order valence-corrected chi connectivity index (χ1v) is 17.1. The Kier molecular flexibility index (Phi) is 37.3. The van der Waals surface area contributed by atoms with Crippen LogP contribution in [0.2, 0.25) is 0 Å². The first kappa shape index (κ1) is 46.4. The van der Waals surface area contributed by atoms with Crippen LogP contribution in [0.1, 0.15) is 0 Å². The minimum Gasteiger partial charge on any atom is -0.491 e. The first-order chi connectivity index (χ1) is 24.9. The fraction of sp³-hybridized carbons (Fsp3) is 0.818. The predicted octanol–water partition coefficient (Wildman–Crippen LogP) is 0.481. The molecule has 1 aromatic carbocycles. The SMILES string of the molecule is OCCOCCOCCOCCOCCOCCOOCC(COc1ccccc1)OOCCOCCOCCOCCOCCOCCO. The Balaban J connectivity index is 1.96. The van der Waals surface area contributed by atoms with Gasteiger partial charge in [-0.2, -0.15) is 0 Å². The summed E-state index contributed by atoms with van der Waals surface area (Å²) in [6.45, 7) is 9.20. The van der Waals surface area contributed by atoms with Crippen LogP contribution < -0.4 is 4.74 Å². The number of ether oxygens (including phenoxy) is 11. The Morgan fingerprint density at radius 2 is 0.700 bits per heavy atom. The van der Waals surface area contributed by atoms with E-state index in [0.717, 1.165) is 0 Å². The molecule has 0 aliphatic heterocycles. The Hall–Kier alpha value is -1.62. The normalized spacial score (nSPS) is 12.1. The van der Waals surface area contributed by atoms with E-state index in [1.54, 1.807) is 0 Å². The van der Waals surface area contributed by atoms with Gasteiger partial charge in [-0.05, 0) is 12.1 Å². The molecule has 1 aromatic rings. The van der Waals surface area contributed by atoms with E-state index in [2.05, 4.69) is 0 Å². The number of rotatable bonds is 42. The first-order valence-electron chi connectivity index (χ1n) is 17.1. The van der Waals surface area contributed by atoms with Gasteiger partial charge in [0.2, 0.25) is 0 Å². The van der Waals surface area contributed by atoms with E-state index in [1.807, 2.05) is 30.3 Å². The standard InChI is InChI=1S/C33H60O17/c34-6-8-36-10-12-38-14-16-40-18-20-42-22-24-44-26-28-47-49-31-33(30-46-32-4-2-1-3-5-32)50-48-29-27-45-25-23-43-21-19-41-17-15-39-13-11-37-9-7-35/h1-5,33-35H,6-31H2. The molecule has 50 heavy (non-hydrogen) atoms. The maximum Gasteiger partial charge on any atom is 0.153 e. The molecule has 0 amide bonds. The van der Waals surface area contributed by atoms with Gasteiger partial charge in [0.05, 0.1) is 145 Å². The zero-order valence-corrected chi connectivity index (χ0v) is 29.4. The summed E-state index contributed by atoms with van der Waals surface area (Å²) in [5.74, 6) is 0.692. The number of benzene rings is 1. The average Bonchev–Trinajstić information content (AvgIpc) is 3.14. The molecule has 0 bridgehead atoms.